The molecule has 1 amide bonds. The maximum atomic E-state index is 12.1. The third-order valence-electron chi connectivity index (χ3n) is 2.80. The number of carbonyl (C=O) groups is 2. The molecule has 9 nitrogen and oxygen atoms in total. The van der Waals surface area contributed by atoms with Gasteiger partial charge in [0.1, 0.15) is 0 Å². The van der Waals surface area contributed by atoms with E-state index in [1.54, 1.807) is 0 Å². The molecule has 1 rings (SSSR count). The van der Waals surface area contributed by atoms with E-state index in [1.165, 1.54) is 0 Å². The molecule has 0 unspecified atom stereocenters. The lowest BCUT2D eigenvalue weighted by molar-refractivity contribution is -0.137. The van der Waals surface area contributed by atoms with E-state index < -0.39 is 5.97 Å². The van der Waals surface area contributed by atoms with Crippen molar-refractivity contribution in [1.82, 2.24) is 31.3 Å². The van der Waals surface area contributed by atoms with Crippen molar-refractivity contribution in [3.63, 3.8) is 0 Å². The summed E-state index contributed by atoms with van der Waals surface area (Å²) in [5.41, 5.74) is 0. The van der Waals surface area contributed by atoms with E-state index in [0.29, 0.717) is 31.1 Å². The van der Waals surface area contributed by atoms with Gasteiger partial charge >= 0.3 is 5.97 Å². The van der Waals surface area contributed by atoms with Crippen LogP contribution >= 0.6 is 0 Å². The molecular formula is C12H22N6O3. The zero-order valence-electron chi connectivity index (χ0n) is 12.3. The first kappa shape index (κ1) is 17.0. The molecule has 0 saturated heterocycles. The Labute approximate surface area is 122 Å². The molecule has 1 aromatic rings. The Morgan fingerprint density at radius 1 is 1.38 bits per heavy atom. The summed E-state index contributed by atoms with van der Waals surface area (Å²) >= 11 is 0. The number of amides is 1. The molecule has 0 aliphatic heterocycles. The number of aromatic nitrogens is 4. The molecule has 0 bridgehead atoms. The number of aliphatic carboxylic acids is 1. The summed E-state index contributed by atoms with van der Waals surface area (Å²) in [6.07, 6.45) is 1.25. The van der Waals surface area contributed by atoms with E-state index in [0.717, 1.165) is 0 Å². The van der Waals surface area contributed by atoms with Gasteiger partial charge in [-0.3, -0.25) is 9.59 Å². The predicted octanol–water partition coefficient (Wildman–Crippen LogP) is -0.315. The standard InChI is InChI=1S/C12H22N6O3/c1-8(2)6-9(13-5-3-4-11(19)20)12(21)14-7-10-15-17-18-16-10/h8-9,13H,3-7H2,1-2H3,(H,14,21)(H,19,20)(H,15,16,17,18)/t9-/m0/s1. The van der Waals surface area contributed by atoms with Crippen molar-refractivity contribution >= 4 is 11.9 Å². The number of nitrogens with one attached hydrogen (secondary N) is 3. The van der Waals surface area contributed by atoms with E-state index in [2.05, 4.69) is 31.3 Å². The first-order valence-corrected chi connectivity index (χ1v) is 6.94. The Morgan fingerprint density at radius 3 is 2.71 bits per heavy atom. The summed E-state index contributed by atoms with van der Waals surface area (Å²) in [7, 11) is 0. The van der Waals surface area contributed by atoms with Crippen molar-refractivity contribution in [1.29, 1.82) is 0 Å². The van der Waals surface area contributed by atoms with Crippen LogP contribution in [-0.4, -0.2) is 50.2 Å². The van der Waals surface area contributed by atoms with Crippen LogP contribution < -0.4 is 10.6 Å². The molecule has 0 aromatic carbocycles. The number of carboxylic acid groups (broad SMARTS) is 1. The molecule has 118 valence electrons. The Morgan fingerprint density at radius 2 is 2.14 bits per heavy atom. The molecule has 9 heteroatoms. The summed E-state index contributed by atoms with van der Waals surface area (Å²) in [6, 6.07) is -0.352. The van der Waals surface area contributed by atoms with Crippen LogP contribution in [0.3, 0.4) is 0 Å². The quantitative estimate of drug-likeness (QED) is 0.435. The average Bonchev–Trinajstić information content (AvgIpc) is 2.92. The molecular weight excluding hydrogens is 276 g/mol. The first-order valence-electron chi connectivity index (χ1n) is 6.94. The Bertz CT molecular complexity index is 434. The first-order chi connectivity index (χ1) is 9.99. The highest BCUT2D eigenvalue weighted by atomic mass is 16.4. The van der Waals surface area contributed by atoms with Crippen LogP contribution in [0.4, 0.5) is 0 Å². The number of hydrogen-bond donors (Lipinski definition) is 4. The molecule has 0 spiro atoms. The van der Waals surface area contributed by atoms with Gasteiger partial charge in [0.2, 0.25) is 5.91 Å². The van der Waals surface area contributed by atoms with Crippen molar-refractivity contribution in [2.75, 3.05) is 6.54 Å². The number of aromatic amines is 1. The van der Waals surface area contributed by atoms with Crippen LogP contribution in [0.5, 0.6) is 0 Å². The number of rotatable bonds is 10. The molecule has 4 N–H and O–H groups in total. The fraction of sp³-hybridized carbons (Fsp3) is 0.750. The van der Waals surface area contributed by atoms with E-state index in [4.69, 9.17) is 5.11 Å². The van der Waals surface area contributed by atoms with E-state index in [1.807, 2.05) is 13.8 Å². The van der Waals surface area contributed by atoms with Crippen molar-refractivity contribution in [3.05, 3.63) is 5.82 Å². The average molecular weight is 298 g/mol. The maximum absolute atomic E-state index is 12.1. The summed E-state index contributed by atoms with van der Waals surface area (Å²) in [5.74, 6) is -0.146. The number of carboxylic acids is 1. The lowest BCUT2D eigenvalue weighted by atomic mass is 10.0. The monoisotopic (exact) mass is 298 g/mol. The van der Waals surface area contributed by atoms with Crippen LogP contribution in [0.25, 0.3) is 0 Å². The minimum Gasteiger partial charge on any atom is -0.481 e. The topological polar surface area (TPSA) is 133 Å². The lowest BCUT2D eigenvalue weighted by Crippen LogP contribution is -2.45. The van der Waals surface area contributed by atoms with Gasteiger partial charge in [-0.15, -0.1) is 5.10 Å². The van der Waals surface area contributed by atoms with Gasteiger partial charge in [-0.05, 0) is 35.7 Å². The molecule has 0 radical (unpaired) electrons. The second-order valence-corrected chi connectivity index (χ2v) is 5.20. The molecule has 1 atom stereocenters. The zero-order valence-corrected chi connectivity index (χ0v) is 12.3. The molecule has 0 aliphatic rings. The molecule has 0 aliphatic carbocycles. The minimum absolute atomic E-state index is 0.0900. The van der Waals surface area contributed by atoms with Gasteiger partial charge in [0.25, 0.3) is 0 Å². The van der Waals surface area contributed by atoms with Crippen molar-refractivity contribution < 1.29 is 14.7 Å². The zero-order chi connectivity index (χ0) is 15.7. The summed E-state index contributed by atoms with van der Waals surface area (Å²) < 4.78 is 0. The number of tetrazole rings is 1. The van der Waals surface area contributed by atoms with Crippen molar-refractivity contribution in [2.24, 2.45) is 5.92 Å². The molecule has 0 saturated carbocycles. The van der Waals surface area contributed by atoms with Crippen molar-refractivity contribution in [2.45, 2.75) is 45.7 Å². The SMILES string of the molecule is CC(C)C[C@H](NCCCC(=O)O)C(=O)NCc1nnn[nH]1. The van der Waals surface area contributed by atoms with Crippen molar-refractivity contribution in [3.8, 4) is 0 Å². The van der Waals surface area contributed by atoms with Crippen LogP contribution in [0.2, 0.25) is 0 Å². The van der Waals surface area contributed by atoms with E-state index in [9.17, 15) is 9.59 Å². The fourth-order valence-electron chi connectivity index (χ4n) is 1.82. The van der Waals surface area contributed by atoms with Gasteiger partial charge in [-0.2, -0.15) is 0 Å². The summed E-state index contributed by atoms with van der Waals surface area (Å²) in [5, 5.41) is 27.5. The third-order valence-corrected chi connectivity index (χ3v) is 2.80. The van der Waals surface area contributed by atoms with Crippen LogP contribution in [0.15, 0.2) is 0 Å². The normalized spacial score (nSPS) is 12.3. The Kier molecular flexibility index (Phi) is 7.30. The van der Waals surface area contributed by atoms with Crippen LogP contribution in [-0.2, 0) is 16.1 Å². The second kappa shape index (κ2) is 9.01. The number of nitrogens with zero attached hydrogens (tertiary/aromatic N) is 3. The smallest absolute Gasteiger partial charge is 0.303 e. The van der Waals surface area contributed by atoms with Gasteiger partial charge < -0.3 is 15.7 Å². The predicted molar refractivity (Wildman–Crippen MR) is 74.1 cm³/mol. The van der Waals surface area contributed by atoms with Crippen LogP contribution in [0.1, 0.15) is 38.9 Å². The van der Waals surface area contributed by atoms with E-state index in [-0.39, 0.29) is 24.9 Å². The van der Waals surface area contributed by atoms with E-state index >= 15 is 0 Å². The number of hydrogen-bond acceptors (Lipinski definition) is 6. The molecule has 0 fully saturated rings. The highest BCUT2D eigenvalue weighted by Gasteiger charge is 2.19. The third kappa shape index (κ3) is 7.35. The maximum Gasteiger partial charge on any atom is 0.303 e. The van der Waals surface area contributed by atoms with Gasteiger partial charge in [-0.1, -0.05) is 13.8 Å². The van der Waals surface area contributed by atoms with Gasteiger partial charge in [0, 0.05) is 6.42 Å². The highest BCUT2D eigenvalue weighted by molar-refractivity contribution is 5.81. The Hall–Kier alpha value is -2.03. The number of H-pyrrole nitrogens is 1. The Balaban J connectivity index is 2.39. The second-order valence-electron chi connectivity index (χ2n) is 5.20. The van der Waals surface area contributed by atoms with Gasteiger partial charge in [-0.25, -0.2) is 5.10 Å². The molecule has 21 heavy (non-hydrogen) atoms. The molecule has 1 aromatic heterocycles. The van der Waals surface area contributed by atoms with Gasteiger partial charge in [0.15, 0.2) is 5.82 Å². The lowest BCUT2D eigenvalue weighted by Gasteiger charge is -2.19. The van der Waals surface area contributed by atoms with Gasteiger partial charge in [0.05, 0.1) is 12.6 Å². The number of carbonyl (C=O) groups excluding carboxylic acids is 1. The largest absolute Gasteiger partial charge is 0.481 e. The minimum atomic E-state index is -0.834. The summed E-state index contributed by atoms with van der Waals surface area (Å²) in [6.45, 7) is 4.78. The highest BCUT2D eigenvalue weighted by Crippen LogP contribution is 2.05. The van der Waals surface area contributed by atoms with Crippen LogP contribution in [0, 0.1) is 5.92 Å². The summed E-state index contributed by atoms with van der Waals surface area (Å²) in [4.78, 5) is 22.6. The molecule has 1 heterocycles. The fourth-order valence-corrected chi connectivity index (χ4v) is 1.82.